The molecule has 0 aliphatic carbocycles. The molecule has 4 nitrogen and oxygen atoms in total. The SMILES string of the molecule is CC(=O)Nc1ccc(-c2nc(NCc3ccccc3)sc2C)cc1. The van der Waals surface area contributed by atoms with E-state index in [1.54, 1.807) is 11.3 Å². The molecule has 3 rings (SSSR count). The molecule has 0 unspecified atom stereocenters. The molecule has 24 heavy (non-hydrogen) atoms. The van der Waals surface area contributed by atoms with Crippen molar-refractivity contribution in [3.63, 3.8) is 0 Å². The fourth-order valence-electron chi connectivity index (χ4n) is 2.43. The molecule has 1 amide bonds. The van der Waals surface area contributed by atoms with Gasteiger partial charge in [0.25, 0.3) is 0 Å². The molecule has 0 aliphatic heterocycles. The second-order valence-electron chi connectivity index (χ2n) is 5.52. The highest BCUT2D eigenvalue weighted by Gasteiger charge is 2.10. The molecule has 0 spiro atoms. The summed E-state index contributed by atoms with van der Waals surface area (Å²) in [5.41, 5.74) is 4.05. The smallest absolute Gasteiger partial charge is 0.221 e. The molecule has 0 saturated carbocycles. The summed E-state index contributed by atoms with van der Waals surface area (Å²) in [4.78, 5) is 17.0. The van der Waals surface area contributed by atoms with Crippen molar-refractivity contribution in [1.29, 1.82) is 0 Å². The van der Waals surface area contributed by atoms with Crippen LogP contribution in [0.5, 0.6) is 0 Å². The molecule has 0 saturated heterocycles. The van der Waals surface area contributed by atoms with E-state index in [-0.39, 0.29) is 5.91 Å². The van der Waals surface area contributed by atoms with Gasteiger partial charge in [0.1, 0.15) is 0 Å². The Morgan fingerprint density at radius 1 is 1.08 bits per heavy atom. The summed E-state index contributed by atoms with van der Waals surface area (Å²) in [6, 6.07) is 18.0. The van der Waals surface area contributed by atoms with Gasteiger partial charge in [-0.3, -0.25) is 4.79 Å². The quantitative estimate of drug-likeness (QED) is 0.710. The van der Waals surface area contributed by atoms with Gasteiger partial charge in [0.2, 0.25) is 5.91 Å². The largest absolute Gasteiger partial charge is 0.357 e. The lowest BCUT2D eigenvalue weighted by Gasteiger charge is -2.04. The first-order chi connectivity index (χ1) is 11.6. The van der Waals surface area contributed by atoms with E-state index >= 15 is 0 Å². The molecule has 0 aliphatic rings. The van der Waals surface area contributed by atoms with Crippen molar-refractivity contribution >= 4 is 28.1 Å². The van der Waals surface area contributed by atoms with Crippen LogP contribution in [0.15, 0.2) is 54.6 Å². The summed E-state index contributed by atoms with van der Waals surface area (Å²) in [5.74, 6) is -0.0695. The number of carbonyl (C=O) groups is 1. The molecular weight excluding hydrogens is 318 g/mol. The Bertz CT molecular complexity index is 826. The van der Waals surface area contributed by atoms with E-state index < -0.39 is 0 Å². The average molecular weight is 337 g/mol. The number of hydrogen-bond acceptors (Lipinski definition) is 4. The fourth-order valence-corrected chi connectivity index (χ4v) is 3.26. The summed E-state index contributed by atoms with van der Waals surface area (Å²) >= 11 is 1.65. The van der Waals surface area contributed by atoms with Crippen molar-refractivity contribution in [3.05, 3.63) is 65.0 Å². The van der Waals surface area contributed by atoms with Crippen molar-refractivity contribution in [1.82, 2.24) is 4.98 Å². The van der Waals surface area contributed by atoms with Crippen LogP contribution in [0.4, 0.5) is 10.8 Å². The maximum Gasteiger partial charge on any atom is 0.221 e. The van der Waals surface area contributed by atoms with Crippen LogP contribution in [0.3, 0.4) is 0 Å². The van der Waals surface area contributed by atoms with Crippen LogP contribution in [0.2, 0.25) is 0 Å². The normalized spacial score (nSPS) is 10.4. The maximum absolute atomic E-state index is 11.1. The molecule has 3 aromatic rings. The lowest BCUT2D eigenvalue weighted by Crippen LogP contribution is -2.05. The third-order valence-corrected chi connectivity index (χ3v) is 4.49. The number of rotatable bonds is 5. The Morgan fingerprint density at radius 3 is 2.46 bits per heavy atom. The number of aromatic nitrogens is 1. The van der Waals surface area contributed by atoms with E-state index in [1.165, 1.54) is 12.5 Å². The molecule has 0 bridgehead atoms. The summed E-state index contributed by atoms with van der Waals surface area (Å²) < 4.78 is 0. The second-order valence-corrected chi connectivity index (χ2v) is 6.72. The van der Waals surface area contributed by atoms with Gasteiger partial charge in [-0.1, -0.05) is 42.5 Å². The minimum absolute atomic E-state index is 0.0695. The molecule has 1 aromatic heterocycles. The lowest BCUT2D eigenvalue weighted by atomic mass is 10.1. The van der Waals surface area contributed by atoms with Gasteiger partial charge in [-0.2, -0.15) is 0 Å². The fraction of sp³-hybridized carbons (Fsp3) is 0.158. The zero-order valence-electron chi connectivity index (χ0n) is 13.7. The summed E-state index contributed by atoms with van der Waals surface area (Å²) in [6.45, 7) is 4.33. The third kappa shape index (κ3) is 4.00. The summed E-state index contributed by atoms with van der Waals surface area (Å²) in [7, 11) is 0. The number of aryl methyl sites for hydroxylation is 1. The van der Waals surface area contributed by atoms with Crippen LogP contribution in [0.1, 0.15) is 17.4 Å². The zero-order valence-corrected chi connectivity index (χ0v) is 14.5. The van der Waals surface area contributed by atoms with Gasteiger partial charge in [0, 0.05) is 29.6 Å². The molecule has 0 radical (unpaired) electrons. The molecule has 1 heterocycles. The van der Waals surface area contributed by atoms with Gasteiger partial charge in [0.15, 0.2) is 5.13 Å². The number of amides is 1. The van der Waals surface area contributed by atoms with E-state index in [0.717, 1.165) is 33.5 Å². The zero-order chi connectivity index (χ0) is 16.9. The molecule has 0 atom stereocenters. The molecule has 2 aromatic carbocycles. The Labute approximate surface area is 145 Å². The van der Waals surface area contributed by atoms with E-state index in [4.69, 9.17) is 4.98 Å². The van der Waals surface area contributed by atoms with Gasteiger partial charge in [-0.15, -0.1) is 11.3 Å². The first-order valence-corrected chi connectivity index (χ1v) is 8.57. The summed E-state index contributed by atoms with van der Waals surface area (Å²) in [5, 5.41) is 7.07. The van der Waals surface area contributed by atoms with Crippen LogP contribution in [-0.4, -0.2) is 10.9 Å². The molecule has 122 valence electrons. The Balaban J connectivity index is 1.72. The predicted octanol–water partition coefficient (Wildman–Crippen LogP) is 4.69. The molecule has 5 heteroatoms. The van der Waals surface area contributed by atoms with E-state index in [9.17, 15) is 4.79 Å². The van der Waals surface area contributed by atoms with Crippen LogP contribution in [-0.2, 0) is 11.3 Å². The predicted molar refractivity (Wildman–Crippen MR) is 100 cm³/mol. The summed E-state index contributed by atoms with van der Waals surface area (Å²) in [6.07, 6.45) is 0. The van der Waals surface area contributed by atoms with E-state index in [1.807, 2.05) is 42.5 Å². The molecule has 0 fully saturated rings. The van der Waals surface area contributed by atoms with Crippen LogP contribution in [0, 0.1) is 6.92 Å². The third-order valence-electron chi connectivity index (χ3n) is 3.56. The number of anilines is 2. The topological polar surface area (TPSA) is 54.0 Å². The average Bonchev–Trinajstić information content (AvgIpc) is 2.95. The molecule has 2 N–H and O–H groups in total. The van der Waals surface area contributed by atoms with Crippen LogP contribution >= 0.6 is 11.3 Å². The second kappa shape index (κ2) is 7.27. The number of benzene rings is 2. The lowest BCUT2D eigenvalue weighted by molar-refractivity contribution is -0.114. The van der Waals surface area contributed by atoms with Crippen molar-refractivity contribution in [2.45, 2.75) is 20.4 Å². The standard InChI is InChI=1S/C19H19N3OS/c1-13-18(16-8-10-17(11-9-16)21-14(2)23)22-19(24-13)20-12-15-6-4-3-5-7-15/h3-11H,12H2,1-2H3,(H,20,22)(H,21,23). The number of nitrogens with one attached hydrogen (secondary N) is 2. The van der Waals surface area contributed by atoms with Crippen molar-refractivity contribution in [3.8, 4) is 11.3 Å². The Hall–Kier alpha value is -2.66. The van der Waals surface area contributed by atoms with E-state index in [2.05, 4.69) is 29.7 Å². The highest BCUT2D eigenvalue weighted by atomic mass is 32.1. The van der Waals surface area contributed by atoms with Crippen LogP contribution < -0.4 is 10.6 Å². The number of carbonyl (C=O) groups excluding carboxylic acids is 1. The molecular formula is C19H19N3OS. The Kier molecular flexibility index (Phi) is 4.91. The minimum atomic E-state index is -0.0695. The van der Waals surface area contributed by atoms with Crippen LogP contribution in [0.25, 0.3) is 11.3 Å². The highest BCUT2D eigenvalue weighted by molar-refractivity contribution is 7.16. The van der Waals surface area contributed by atoms with Crippen molar-refractivity contribution in [2.24, 2.45) is 0 Å². The Morgan fingerprint density at radius 2 is 1.79 bits per heavy atom. The van der Waals surface area contributed by atoms with Gasteiger partial charge >= 0.3 is 0 Å². The number of thiazole rings is 1. The first kappa shape index (κ1) is 16.2. The highest BCUT2D eigenvalue weighted by Crippen LogP contribution is 2.31. The van der Waals surface area contributed by atoms with Gasteiger partial charge in [-0.25, -0.2) is 4.98 Å². The first-order valence-electron chi connectivity index (χ1n) is 7.75. The van der Waals surface area contributed by atoms with Crippen molar-refractivity contribution in [2.75, 3.05) is 10.6 Å². The van der Waals surface area contributed by atoms with Gasteiger partial charge in [-0.05, 0) is 24.6 Å². The van der Waals surface area contributed by atoms with Crippen molar-refractivity contribution < 1.29 is 4.79 Å². The van der Waals surface area contributed by atoms with Gasteiger partial charge in [0.05, 0.1) is 5.69 Å². The monoisotopic (exact) mass is 337 g/mol. The maximum atomic E-state index is 11.1. The number of nitrogens with zero attached hydrogens (tertiary/aromatic N) is 1. The number of hydrogen-bond donors (Lipinski definition) is 2. The van der Waals surface area contributed by atoms with E-state index in [0.29, 0.717) is 0 Å². The van der Waals surface area contributed by atoms with Gasteiger partial charge < -0.3 is 10.6 Å². The minimum Gasteiger partial charge on any atom is -0.357 e.